The molecule has 2 fully saturated rings. The van der Waals surface area contributed by atoms with Crippen LogP contribution in [0.1, 0.15) is 78.6 Å². The Bertz CT molecular complexity index is 928. The number of hydrogen-bond donors (Lipinski definition) is 0. The summed E-state index contributed by atoms with van der Waals surface area (Å²) < 4.78 is 23.5. The Hall–Kier alpha value is -2.44. The molecule has 3 aliphatic rings. The van der Waals surface area contributed by atoms with Gasteiger partial charge in [0.15, 0.2) is 0 Å². The predicted molar refractivity (Wildman–Crippen MR) is 149 cm³/mol. The molecule has 3 rings (SSSR count). The van der Waals surface area contributed by atoms with Gasteiger partial charge in [0, 0.05) is 12.3 Å². The summed E-state index contributed by atoms with van der Waals surface area (Å²) in [4.78, 5) is 24.4. The van der Waals surface area contributed by atoms with Gasteiger partial charge in [-0.1, -0.05) is 68.0 Å². The molecule has 210 valence electrons. The molecule has 0 aromatic carbocycles. The number of allylic oxidation sites excluding steroid dienone is 5. The average Bonchev–Trinajstić information content (AvgIpc) is 2.85. The van der Waals surface area contributed by atoms with Crippen LogP contribution in [0.5, 0.6) is 0 Å². The maximum atomic E-state index is 13.0. The number of methoxy groups -OCH3 is 1. The Morgan fingerprint density at radius 2 is 1.71 bits per heavy atom. The van der Waals surface area contributed by atoms with Crippen LogP contribution in [0.4, 0.5) is 0 Å². The van der Waals surface area contributed by atoms with Crippen LogP contribution in [0.3, 0.4) is 0 Å². The monoisotopic (exact) mass is 526 g/mol. The minimum Gasteiger partial charge on any atom is -0.469 e. The Kier molecular flexibility index (Phi) is 12.1. The zero-order valence-electron chi connectivity index (χ0n) is 23.6. The summed E-state index contributed by atoms with van der Waals surface area (Å²) in [5.74, 6) is -0.148. The molecular formula is C32H46O6. The van der Waals surface area contributed by atoms with E-state index in [0.717, 1.165) is 43.3 Å². The van der Waals surface area contributed by atoms with E-state index in [4.69, 9.17) is 18.9 Å². The quantitative estimate of drug-likeness (QED) is 0.229. The molecule has 1 unspecified atom stereocenters. The normalized spacial score (nSPS) is 34.7. The van der Waals surface area contributed by atoms with Crippen molar-refractivity contribution in [2.24, 2.45) is 11.8 Å². The summed E-state index contributed by atoms with van der Waals surface area (Å²) in [6.45, 7) is 10.4. The molecule has 3 heterocycles. The molecular weight excluding hydrogens is 480 g/mol. The van der Waals surface area contributed by atoms with Gasteiger partial charge in [-0.25, -0.2) is 0 Å². The van der Waals surface area contributed by atoms with Crippen LogP contribution < -0.4 is 0 Å². The van der Waals surface area contributed by atoms with Crippen molar-refractivity contribution < 1.29 is 28.5 Å². The number of fused-ring (bicyclic) bond motifs is 4. The molecule has 38 heavy (non-hydrogen) atoms. The second-order valence-electron chi connectivity index (χ2n) is 11.2. The number of esters is 2. The van der Waals surface area contributed by atoms with Crippen molar-refractivity contribution in [2.45, 2.75) is 109 Å². The molecule has 3 aliphatic heterocycles. The van der Waals surface area contributed by atoms with E-state index in [9.17, 15) is 9.59 Å². The highest BCUT2D eigenvalue weighted by molar-refractivity contribution is 5.72. The Morgan fingerprint density at radius 1 is 1.00 bits per heavy atom. The van der Waals surface area contributed by atoms with Gasteiger partial charge in [-0.05, 0) is 57.4 Å². The van der Waals surface area contributed by atoms with Crippen LogP contribution in [0.2, 0.25) is 0 Å². The fraction of sp³-hybridized carbons (Fsp3) is 0.625. The van der Waals surface area contributed by atoms with Gasteiger partial charge in [-0.3, -0.25) is 9.59 Å². The Balaban J connectivity index is 1.73. The van der Waals surface area contributed by atoms with E-state index in [1.165, 1.54) is 13.5 Å². The summed E-state index contributed by atoms with van der Waals surface area (Å²) in [7, 11) is 1.38. The van der Waals surface area contributed by atoms with E-state index < -0.39 is 6.10 Å². The van der Waals surface area contributed by atoms with Gasteiger partial charge in [-0.15, -0.1) is 0 Å². The third kappa shape index (κ3) is 10.4. The molecule has 6 heteroatoms. The fourth-order valence-electron chi connectivity index (χ4n) is 5.47. The fourth-order valence-corrected chi connectivity index (χ4v) is 5.47. The number of ether oxygens (including phenoxy) is 4. The van der Waals surface area contributed by atoms with Crippen molar-refractivity contribution in [3.05, 3.63) is 60.3 Å². The molecule has 0 saturated carbocycles. The molecule has 4 bridgehead atoms. The minimum absolute atomic E-state index is 0.00516. The number of carbonyl (C=O) groups excluding carboxylic acids is 2. The van der Waals surface area contributed by atoms with Gasteiger partial charge in [0.1, 0.15) is 6.10 Å². The Morgan fingerprint density at radius 3 is 2.47 bits per heavy atom. The van der Waals surface area contributed by atoms with Gasteiger partial charge >= 0.3 is 11.9 Å². The largest absolute Gasteiger partial charge is 0.469 e. The summed E-state index contributed by atoms with van der Waals surface area (Å²) in [5, 5.41) is 0. The van der Waals surface area contributed by atoms with Gasteiger partial charge in [-0.2, -0.15) is 0 Å². The number of hydrogen-bond acceptors (Lipinski definition) is 6. The van der Waals surface area contributed by atoms with Crippen molar-refractivity contribution in [1.82, 2.24) is 0 Å². The maximum absolute atomic E-state index is 13.0. The van der Waals surface area contributed by atoms with Crippen LogP contribution in [-0.2, 0) is 28.5 Å². The molecule has 2 saturated heterocycles. The van der Waals surface area contributed by atoms with Crippen LogP contribution >= 0.6 is 0 Å². The molecule has 7 atom stereocenters. The lowest BCUT2D eigenvalue weighted by Gasteiger charge is -2.37. The third-order valence-corrected chi connectivity index (χ3v) is 7.49. The van der Waals surface area contributed by atoms with Crippen LogP contribution in [0, 0.1) is 11.8 Å². The zero-order valence-corrected chi connectivity index (χ0v) is 23.6. The van der Waals surface area contributed by atoms with Crippen molar-refractivity contribution in [3.8, 4) is 0 Å². The lowest BCUT2D eigenvalue weighted by Crippen LogP contribution is -2.37. The summed E-state index contributed by atoms with van der Waals surface area (Å²) in [6.07, 6.45) is 20.9. The first kappa shape index (κ1) is 30.1. The highest BCUT2D eigenvalue weighted by atomic mass is 16.6. The first-order valence-electron chi connectivity index (χ1n) is 14.1. The smallest absolute Gasteiger partial charge is 0.309 e. The van der Waals surface area contributed by atoms with E-state index in [2.05, 4.69) is 32.6 Å². The van der Waals surface area contributed by atoms with Crippen LogP contribution in [0.15, 0.2) is 60.3 Å². The molecule has 0 spiro atoms. The van der Waals surface area contributed by atoms with E-state index in [1.807, 2.05) is 37.3 Å². The molecule has 0 amide bonds. The average molecular weight is 527 g/mol. The van der Waals surface area contributed by atoms with E-state index in [1.54, 1.807) is 0 Å². The van der Waals surface area contributed by atoms with Crippen LogP contribution in [-0.4, -0.2) is 49.6 Å². The van der Waals surface area contributed by atoms with E-state index in [-0.39, 0.29) is 55.1 Å². The molecule has 0 radical (unpaired) electrons. The first-order valence-corrected chi connectivity index (χ1v) is 14.1. The second kappa shape index (κ2) is 15.2. The van der Waals surface area contributed by atoms with Crippen molar-refractivity contribution in [1.29, 1.82) is 0 Å². The molecule has 0 aromatic rings. The zero-order chi connectivity index (χ0) is 27.5. The van der Waals surface area contributed by atoms with Gasteiger partial charge in [0.2, 0.25) is 0 Å². The summed E-state index contributed by atoms with van der Waals surface area (Å²) in [5.41, 5.74) is 2.04. The minimum atomic E-state index is -0.401. The predicted octanol–water partition coefficient (Wildman–Crippen LogP) is 6.57. The molecule has 0 aromatic heterocycles. The SMILES string of the molecule is C=C1CC2C[C@@H]3CCC[C@H](C[C@@H](C)/C=C/[C@H](C)[C@H](/C=C/C=C\C=C(/C)CC(=O)OC)OC(=O)C[C@H](C1)O2)O3. The van der Waals surface area contributed by atoms with E-state index in [0.29, 0.717) is 12.3 Å². The topological polar surface area (TPSA) is 71.1 Å². The lowest BCUT2D eigenvalue weighted by molar-refractivity contribution is -0.154. The Labute approximate surface area is 228 Å². The number of rotatable bonds is 5. The van der Waals surface area contributed by atoms with E-state index >= 15 is 0 Å². The lowest BCUT2D eigenvalue weighted by atomic mass is 9.90. The van der Waals surface area contributed by atoms with Gasteiger partial charge in [0.05, 0.1) is 44.4 Å². The van der Waals surface area contributed by atoms with Crippen molar-refractivity contribution in [3.63, 3.8) is 0 Å². The first-order chi connectivity index (χ1) is 18.2. The number of cyclic esters (lactones) is 1. The van der Waals surface area contributed by atoms with Crippen molar-refractivity contribution >= 4 is 11.9 Å². The van der Waals surface area contributed by atoms with Crippen LogP contribution in [0.25, 0.3) is 0 Å². The standard InChI is InChI=1S/C32H46O6/c1-22(19-31(33)35-5)10-7-6-8-13-30-25(4)15-14-23(2)16-26-11-9-12-27(36-26)20-28-17-24(3)18-29(37-28)21-32(34)38-30/h6-8,10,13-15,23,25-30H,3,9,11-12,16-21H2,1-2,4-5H3/b7-6-,13-8+,15-14+,22-10+/t23-,25-,26+,27-,28?,29-,30-/m0/s1. The van der Waals surface area contributed by atoms with Crippen molar-refractivity contribution in [2.75, 3.05) is 7.11 Å². The highest BCUT2D eigenvalue weighted by Gasteiger charge is 2.32. The molecule has 0 aliphatic carbocycles. The number of carbonyl (C=O) groups is 2. The molecule has 6 nitrogen and oxygen atoms in total. The molecule has 0 N–H and O–H groups in total. The highest BCUT2D eigenvalue weighted by Crippen LogP contribution is 2.33. The summed E-state index contributed by atoms with van der Waals surface area (Å²) in [6, 6.07) is 0. The maximum Gasteiger partial charge on any atom is 0.309 e. The second-order valence-corrected chi connectivity index (χ2v) is 11.2. The third-order valence-electron chi connectivity index (χ3n) is 7.49. The summed E-state index contributed by atoms with van der Waals surface area (Å²) >= 11 is 0. The van der Waals surface area contributed by atoms with Gasteiger partial charge in [0.25, 0.3) is 0 Å². The van der Waals surface area contributed by atoms with Gasteiger partial charge < -0.3 is 18.9 Å².